The van der Waals surface area contributed by atoms with Crippen LogP contribution in [-0.4, -0.2) is 0 Å². The number of aryl methyl sites for hydroxylation is 3. The summed E-state index contributed by atoms with van der Waals surface area (Å²) in [4.78, 5) is 2.37. The third kappa shape index (κ3) is 8.09. The van der Waals surface area contributed by atoms with E-state index in [1.165, 1.54) is 76.6 Å². The van der Waals surface area contributed by atoms with Gasteiger partial charge in [0.2, 0.25) is 0 Å². The summed E-state index contributed by atoms with van der Waals surface area (Å²) < 4.78 is 0. The average molecular weight is 720 g/mol. The minimum absolute atomic E-state index is 1.14. The van der Waals surface area contributed by atoms with Gasteiger partial charge in [0.25, 0.3) is 0 Å². The van der Waals surface area contributed by atoms with Crippen LogP contribution in [0.3, 0.4) is 0 Å². The van der Waals surface area contributed by atoms with Gasteiger partial charge in [-0.15, -0.1) is 0 Å². The summed E-state index contributed by atoms with van der Waals surface area (Å²) in [5.74, 6) is 0. The maximum absolute atomic E-state index is 2.37. The Bertz CT molecular complexity index is 2870. The van der Waals surface area contributed by atoms with E-state index in [4.69, 9.17) is 0 Å². The van der Waals surface area contributed by atoms with Gasteiger partial charge in [0.1, 0.15) is 0 Å². The van der Waals surface area contributed by atoms with Crippen molar-refractivity contribution in [2.45, 2.75) is 20.8 Å². The smallest absolute Gasteiger partial charge is 0.0540 e. The Labute approximate surface area is 330 Å². The van der Waals surface area contributed by atoms with Crippen LogP contribution in [0.2, 0.25) is 0 Å². The summed E-state index contributed by atoms with van der Waals surface area (Å²) >= 11 is 0. The Morgan fingerprint density at radius 2 is 0.732 bits per heavy atom. The predicted molar refractivity (Wildman–Crippen MR) is 244 cm³/mol. The number of anilines is 3. The first kappa shape index (κ1) is 36.0. The maximum atomic E-state index is 2.37. The second-order valence-electron chi connectivity index (χ2n) is 14.4. The number of hydrogen-bond donors (Lipinski definition) is 0. The molecule has 0 atom stereocenters. The fraction of sp³-hybridized carbons (Fsp3) is 0.0545. The van der Waals surface area contributed by atoms with Crippen LogP contribution in [0.15, 0.2) is 218 Å². The molecule has 0 heterocycles. The molecule has 1 heteroatoms. The van der Waals surface area contributed by atoms with Gasteiger partial charge in [-0.05, 0) is 105 Å². The van der Waals surface area contributed by atoms with Crippen molar-refractivity contribution in [3.63, 3.8) is 0 Å². The highest BCUT2D eigenvalue weighted by molar-refractivity contribution is 6.00. The van der Waals surface area contributed by atoms with E-state index in [1.807, 2.05) is 0 Å². The fourth-order valence-electron chi connectivity index (χ4n) is 7.39. The molecule has 56 heavy (non-hydrogen) atoms. The van der Waals surface area contributed by atoms with Gasteiger partial charge in [0.15, 0.2) is 0 Å². The highest BCUT2D eigenvalue weighted by Crippen LogP contribution is 2.40. The molecule has 0 unspecified atom stereocenters. The van der Waals surface area contributed by atoms with Crippen molar-refractivity contribution in [1.82, 2.24) is 0 Å². The number of fused-ring (bicyclic) bond motifs is 4. The Morgan fingerprint density at radius 3 is 1.38 bits per heavy atom. The van der Waals surface area contributed by atoms with E-state index in [2.05, 4.69) is 244 Å². The molecule has 0 saturated carbocycles. The lowest BCUT2D eigenvalue weighted by Gasteiger charge is -2.27. The molecular weight excluding hydrogens is 675 g/mol. The van der Waals surface area contributed by atoms with Gasteiger partial charge < -0.3 is 4.90 Å². The van der Waals surface area contributed by atoms with Crippen molar-refractivity contribution < 1.29 is 0 Å². The number of nitrogens with zero attached hydrogens (tertiary/aromatic N) is 1. The van der Waals surface area contributed by atoms with Crippen molar-refractivity contribution in [2.75, 3.05) is 4.90 Å². The molecular formula is C55H45N. The Morgan fingerprint density at radius 1 is 0.286 bits per heavy atom. The van der Waals surface area contributed by atoms with Crippen LogP contribution in [0.25, 0.3) is 54.2 Å². The van der Waals surface area contributed by atoms with Crippen LogP contribution >= 0.6 is 0 Å². The first-order valence-electron chi connectivity index (χ1n) is 19.3. The maximum Gasteiger partial charge on any atom is 0.0540 e. The normalized spacial score (nSPS) is 10.8. The van der Waals surface area contributed by atoms with E-state index in [-0.39, 0.29) is 0 Å². The summed E-state index contributed by atoms with van der Waals surface area (Å²) in [6, 6.07) is 77.8. The van der Waals surface area contributed by atoms with Crippen LogP contribution < -0.4 is 4.90 Å². The minimum atomic E-state index is 1.14. The fourth-order valence-corrected chi connectivity index (χ4v) is 7.39. The zero-order chi connectivity index (χ0) is 38.3. The van der Waals surface area contributed by atoms with Crippen molar-refractivity contribution in [2.24, 2.45) is 0 Å². The second kappa shape index (κ2) is 16.6. The van der Waals surface area contributed by atoms with E-state index in [9.17, 15) is 0 Å². The lowest BCUT2D eigenvalue weighted by molar-refractivity contribution is 1.30. The molecule has 0 N–H and O–H groups in total. The van der Waals surface area contributed by atoms with Crippen molar-refractivity contribution in [3.8, 4) is 11.1 Å². The van der Waals surface area contributed by atoms with Gasteiger partial charge in [-0.2, -0.15) is 0 Å². The highest BCUT2D eigenvalue weighted by Gasteiger charge is 2.16. The molecule has 10 rings (SSSR count). The molecule has 0 aliphatic carbocycles. The van der Waals surface area contributed by atoms with Crippen LogP contribution in [0.1, 0.15) is 16.7 Å². The summed E-state index contributed by atoms with van der Waals surface area (Å²) in [5.41, 5.74) is 9.88. The van der Waals surface area contributed by atoms with Crippen molar-refractivity contribution >= 4 is 60.2 Å². The molecule has 0 amide bonds. The Balaban J connectivity index is 0.000000161. The van der Waals surface area contributed by atoms with Crippen molar-refractivity contribution in [1.29, 1.82) is 0 Å². The topological polar surface area (TPSA) is 3.24 Å². The SMILES string of the molecule is Cc1ccc(-c2ccc(N(c3ccc4ccccc4c3)c3cccc4ccccc34)cc2)cc1.Cc1ccc2ccccc2c1.Cc1cccc2ccccc12. The highest BCUT2D eigenvalue weighted by atomic mass is 15.1. The van der Waals surface area contributed by atoms with E-state index in [0.29, 0.717) is 0 Å². The molecule has 0 bridgehead atoms. The second-order valence-corrected chi connectivity index (χ2v) is 14.4. The zero-order valence-electron chi connectivity index (χ0n) is 32.2. The van der Waals surface area contributed by atoms with Gasteiger partial charge >= 0.3 is 0 Å². The zero-order valence-corrected chi connectivity index (χ0v) is 32.2. The summed E-state index contributed by atoms with van der Waals surface area (Å²) in [5, 5.41) is 10.3. The van der Waals surface area contributed by atoms with Crippen LogP contribution in [0, 0.1) is 20.8 Å². The number of hydrogen-bond acceptors (Lipinski definition) is 1. The van der Waals surface area contributed by atoms with Crippen LogP contribution in [-0.2, 0) is 0 Å². The lowest BCUT2D eigenvalue weighted by Crippen LogP contribution is -2.10. The van der Waals surface area contributed by atoms with Gasteiger partial charge in [-0.25, -0.2) is 0 Å². The molecule has 0 aromatic heterocycles. The molecule has 10 aromatic rings. The van der Waals surface area contributed by atoms with Gasteiger partial charge in [-0.1, -0.05) is 199 Å². The molecule has 0 radical (unpaired) electrons. The summed E-state index contributed by atoms with van der Waals surface area (Å²) in [6.07, 6.45) is 0. The molecule has 1 nitrogen and oxygen atoms in total. The summed E-state index contributed by atoms with van der Waals surface area (Å²) in [7, 11) is 0. The van der Waals surface area contributed by atoms with E-state index < -0.39 is 0 Å². The number of benzene rings is 10. The standard InChI is InChI=1S/C33H25N.2C11H10/c1-24-13-15-26(16-14-24)27-17-20-30(21-18-27)34(31-22-19-25-7-2-3-9-29(25)23-31)33-12-6-10-28-8-4-5-11-32(28)33;1-9-5-4-7-10-6-2-3-8-11(9)10;1-9-6-7-10-4-2-3-5-11(10)8-9/h2-23H,1H3;2*2-8H,1H3. The molecule has 0 spiro atoms. The molecule has 0 saturated heterocycles. The molecule has 0 fully saturated rings. The third-order valence-corrected chi connectivity index (χ3v) is 10.4. The van der Waals surface area contributed by atoms with Gasteiger partial charge in [-0.3, -0.25) is 0 Å². The molecule has 270 valence electrons. The van der Waals surface area contributed by atoms with Gasteiger partial charge in [0, 0.05) is 16.8 Å². The van der Waals surface area contributed by atoms with Crippen molar-refractivity contribution in [3.05, 3.63) is 235 Å². The largest absolute Gasteiger partial charge is 0.310 e. The minimum Gasteiger partial charge on any atom is -0.310 e. The lowest BCUT2D eigenvalue weighted by atomic mass is 10.0. The predicted octanol–water partition coefficient (Wildman–Crippen LogP) is 15.7. The van der Waals surface area contributed by atoms with Crippen LogP contribution in [0.5, 0.6) is 0 Å². The van der Waals surface area contributed by atoms with E-state index in [1.54, 1.807) is 0 Å². The van der Waals surface area contributed by atoms with E-state index in [0.717, 1.165) is 11.4 Å². The molecule has 0 aliphatic rings. The summed E-state index contributed by atoms with van der Waals surface area (Å²) in [6.45, 7) is 6.38. The number of rotatable bonds is 4. The molecule has 10 aromatic carbocycles. The van der Waals surface area contributed by atoms with Crippen LogP contribution in [0.4, 0.5) is 17.1 Å². The Kier molecular flexibility index (Phi) is 10.7. The quantitative estimate of drug-likeness (QED) is 0.175. The van der Waals surface area contributed by atoms with E-state index >= 15 is 0 Å². The first-order chi connectivity index (χ1) is 27.5. The first-order valence-corrected chi connectivity index (χ1v) is 19.3. The molecule has 0 aliphatic heterocycles. The van der Waals surface area contributed by atoms with Gasteiger partial charge in [0.05, 0.1) is 5.69 Å². The third-order valence-electron chi connectivity index (χ3n) is 10.4. The Hall–Kier alpha value is -6.96. The average Bonchev–Trinajstić information content (AvgIpc) is 3.25. The monoisotopic (exact) mass is 719 g/mol.